The Labute approximate surface area is 372 Å². The molecule has 3 aromatic heterocycles. The van der Waals surface area contributed by atoms with Gasteiger partial charge in [0.15, 0.2) is 5.82 Å². The fourth-order valence-corrected chi connectivity index (χ4v) is 10.2. The van der Waals surface area contributed by atoms with Gasteiger partial charge in [0.25, 0.3) is 0 Å². The van der Waals surface area contributed by atoms with Crippen LogP contribution in [-0.4, -0.2) is 107 Å². The van der Waals surface area contributed by atoms with Crippen LogP contribution in [0.25, 0.3) is 32.8 Å². The molecule has 2 saturated heterocycles. The summed E-state index contributed by atoms with van der Waals surface area (Å²) < 4.78 is 2.02. The first-order chi connectivity index (χ1) is 30.2. The van der Waals surface area contributed by atoms with Crippen LogP contribution in [0.4, 0.5) is 5.82 Å². The van der Waals surface area contributed by atoms with E-state index in [2.05, 4.69) is 30.7 Å². The molecule has 16 heteroatoms. The van der Waals surface area contributed by atoms with Crippen molar-refractivity contribution in [1.82, 2.24) is 45.4 Å². The van der Waals surface area contributed by atoms with Gasteiger partial charge >= 0.3 is 0 Å². The zero-order valence-corrected chi connectivity index (χ0v) is 37.2. The lowest BCUT2D eigenvalue weighted by Gasteiger charge is -2.41. The Hall–Kier alpha value is -5.71. The lowest BCUT2D eigenvalue weighted by atomic mass is 9.82. The van der Waals surface area contributed by atoms with Gasteiger partial charge in [-0.1, -0.05) is 57.2 Å². The van der Waals surface area contributed by atoms with Crippen molar-refractivity contribution >= 4 is 34.9 Å². The lowest BCUT2D eigenvalue weighted by molar-refractivity contribution is -0.144. The number of aromatic hydroxyl groups is 1. The number of phenolic OH excluding ortho intramolecular Hbond substituents is 1. The third kappa shape index (κ3) is 9.77. The standard InChI is InChI=1S/C47H58N10O5S/c1-28-41(63-27-50-28)30-11-9-29(10-12-30)23-49-45(61)39-21-35(58)26-56(39)46(62)42(47(2,3)4)52-44(60)31-13-15-33(16-14-31)55-19-17-34(18-20-55)57-25-32(24-51-57)37-22-38(53-54-43(37)48)36-7-5-6-8-40(36)59/h5-12,22,24-25,27,31,33-35,39,42,58-59H,13-21,23,26H2,1-4H3,(H2,48,54)(H,49,61)(H,52,60)/t31-,33-,35-,39+,42-/m1/s1. The van der Waals surface area contributed by atoms with Crippen LogP contribution in [0.1, 0.15) is 83.0 Å². The Morgan fingerprint density at radius 2 is 1.65 bits per heavy atom. The van der Waals surface area contributed by atoms with Gasteiger partial charge in [0.2, 0.25) is 17.7 Å². The number of β-amino-alcohol motifs (C(OH)–C–C–N with tert-alkyl or cyclic N) is 1. The summed E-state index contributed by atoms with van der Waals surface area (Å²) in [5.74, 6) is -0.607. The molecule has 0 unspecified atom stereocenters. The van der Waals surface area contributed by atoms with Crippen molar-refractivity contribution in [2.45, 2.75) is 109 Å². The number of carbonyl (C=O) groups is 3. The van der Waals surface area contributed by atoms with Gasteiger partial charge in [-0.3, -0.25) is 19.1 Å². The van der Waals surface area contributed by atoms with Crippen molar-refractivity contribution in [3.8, 4) is 38.6 Å². The number of carbonyl (C=O) groups excluding carboxylic acids is 3. The van der Waals surface area contributed by atoms with Gasteiger partial charge in [-0.15, -0.1) is 21.5 Å². The highest BCUT2D eigenvalue weighted by atomic mass is 32.1. The van der Waals surface area contributed by atoms with Crippen molar-refractivity contribution in [3.05, 3.63) is 83.8 Å². The Bertz CT molecular complexity index is 2410. The van der Waals surface area contributed by atoms with Crippen molar-refractivity contribution in [2.75, 3.05) is 25.4 Å². The minimum Gasteiger partial charge on any atom is -0.507 e. The number of nitrogens with two attached hydrogens (primary N) is 1. The van der Waals surface area contributed by atoms with E-state index < -0.39 is 23.6 Å². The molecular formula is C47H58N10O5S. The average Bonchev–Trinajstić information content (AvgIpc) is 4.05. The van der Waals surface area contributed by atoms with Crippen LogP contribution in [0.5, 0.6) is 5.75 Å². The molecule has 63 heavy (non-hydrogen) atoms. The summed E-state index contributed by atoms with van der Waals surface area (Å²) in [6.07, 6.45) is 8.23. The van der Waals surface area contributed by atoms with Gasteiger partial charge in [0, 0.05) is 67.4 Å². The van der Waals surface area contributed by atoms with Gasteiger partial charge in [-0.05, 0) is 80.2 Å². The molecule has 15 nitrogen and oxygen atoms in total. The summed E-state index contributed by atoms with van der Waals surface area (Å²) in [4.78, 5) is 51.1. The van der Waals surface area contributed by atoms with E-state index in [9.17, 15) is 24.6 Å². The van der Waals surface area contributed by atoms with Crippen LogP contribution in [-0.2, 0) is 20.9 Å². The van der Waals surface area contributed by atoms with E-state index >= 15 is 0 Å². The molecular weight excluding hydrogens is 817 g/mol. The number of hydrogen-bond acceptors (Lipinski definition) is 12. The van der Waals surface area contributed by atoms with Crippen LogP contribution in [0.15, 0.2) is 72.5 Å². The third-order valence-corrected chi connectivity index (χ3v) is 14.0. The van der Waals surface area contributed by atoms with Crippen LogP contribution in [0.2, 0.25) is 0 Å². The molecule has 1 aliphatic carbocycles. The van der Waals surface area contributed by atoms with Crippen molar-refractivity contribution in [2.24, 2.45) is 11.3 Å². The minimum absolute atomic E-state index is 0.0319. The Balaban J connectivity index is 0.821. The molecule has 1 saturated carbocycles. The molecule has 0 radical (unpaired) electrons. The lowest BCUT2D eigenvalue weighted by Crippen LogP contribution is -2.58. The minimum atomic E-state index is -0.863. The highest BCUT2D eigenvalue weighted by molar-refractivity contribution is 7.13. The number of nitrogen functional groups attached to an aromatic ring is 1. The smallest absolute Gasteiger partial charge is 0.246 e. The van der Waals surface area contributed by atoms with E-state index in [1.807, 2.05) is 80.5 Å². The van der Waals surface area contributed by atoms with Crippen LogP contribution >= 0.6 is 11.3 Å². The number of nitrogens with one attached hydrogen (secondary N) is 2. The predicted molar refractivity (Wildman–Crippen MR) is 242 cm³/mol. The first-order valence-electron chi connectivity index (χ1n) is 22.0. The maximum absolute atomic E-state index is 14.3. The van der Waals surface area contributed by atoms with E-state index in [0.717, 1.165) is 78.9 Å². The van der Waals surface area contributed by atoms with Crippen LogP contribution in [0.3, 0.4) is 0 Å². The molecule has 332 valence electrons. The quantitative estimate of drug-likeness (QED) is 0.108. The molecule has 3 atom stereocenters. The topological polar surface area (TPSA) is 205 Å². The Morgan fingerprint density at radius 1 is 0.921 bits per heavy atom. The number of aromatic nitrogens is 5. The number of piperidine rings is 1. The number of phenols is 1. The number of hydrogen-bond donors (Lipinski definition) is 5. The van der Waals surface area contributed by atoms with Gasteiger partial charge < -0.3 is 36.4 Å². The highest BCUT2D eigenvalue weighted by Gasteiger charge is 2.45. The number of para-hydroxylation sites is 1. The number of thiazole rings is 1. The predicted octanol–water partition coefficient (Wildman–Crippen LogP) is 5.73. The van der Waals surface area contributed by atoms with Gasteiger partial charge in [-0.25, -0.2) is 4.98 Å². The molecule has 0 bridgehead atoms. The maximum atomic E-state index is 14.3. The average molecular weight is 875 g/mol. The second-order valence-corrected chi connectivity index (χ2v) is 19.3. The largest absolute Gasteiger partial charge is 0.507 e. The normalized spacial score (nSPS) is 21.6. The van der Waals surface area contributed by atoms with Gasteiger partial charge in [0.1, 0.15) is 17.8 Å². The molecule has 5 aromatic rings. The molecule has 5 heterocycles. The maximum Gasteiger partial charge on any atom is 0.246 e. The highest BCUT2D eigenvalue weighted by Crippen LogP contribution is 2.36. The van der Waals surface area contributed by atoms with Gasteiger partial charge in [-0.2, -0.15) is 5.10 Å². The molecule has 2 aromatic carbocycles. The second-order valence-electron chi connectivity index (χ2n) is 18.4. The van der Waals surface area contributed by atoms with E-state index in [1.54, 1.807) is 35.7 Å². The van der Waals surface area contributed by atoms with Crippen molar-refractivity contribution < 1.29 is 24.6 Å². The van der Waals surface area contributed by atoms with E-state index in [-0.39, 0.29) is 54.9 Å². The summed E-state index contributed by atoms with van der Waals surface area (Å²) in [5, 5.41) is 40.2. The number of amides is 3. The summed E-state index contributed by atoms with van der Waals surface area (Å²) in [6.45, 7) is 9.89. The summed E-state index contributed by atoms with van der Waals surface area (Å²) in [6, 6.07) is 15.7. The molecule has 2 aliphatic heterocycles. The molecule has 3 fully saturated rings. The zero-order chi connectivity index (χ0) is 44.4. The van der Waals surface area contributed by atoms with E-state index in [0.29, 0.717) is 28.7 Å². The Kier molecular flexibility index (Phi) is 12.9. The van der Waals surface area contributed by atoms with Crippen molar-refractivity contribution in [1.29, 1.82) is 0 Å². The SMILES string of the molecule is Cc1ncsc1-c1ccc(CNC(=O)[C@@H]2C[C@@H](O)CN2C(=O)[C@@H](NC(=O)[C@H]2CC[C@H](N3CCC(n4cc(-c5cc(-c6ccccc6O)nnc5N)cn4)CC3)CC2)C(C)(C)C)cc1. The first-order valence-corrected chi connectivity index (χ1v) is 22.9. The number of nitrogens with zero attached hydrogens (tertiary/aromatic N) is 7. The number of aryl methyl sites for hydroxylation is 1. The summed E-state index contributed by atoms with van der Waals surface area (Å²) >= 11 is 1.59. The fraction of sp³-hybridized carbons (Fsp3) is 0.468. The second kappa shape index (κ2) is 18.6. The summed E-state index contributed by atoms with van der Waals surface area (Å²) in [5.41, 5.74) is 13.1. The fourth-order valence-electron chi connectivity index (χ4n) is 9.39. The third-order valence-electron chi connectivity index (χ3n) is 13.1. The molecule has 3 amide bonds. The number of benzene rings is 2. The number of aliphatic hydroxyl groups excluding tert-OH is 1. The first kappa shape index (κ1) is 43.9. The van der Waals surface area contributed by atoms with E-state index in [1.165, 1.54) is 4.90 Å². The Morgan fingerprint density at radius 3 is 2.33 bits per heavy atom. The van der Waals surface area contributed by atoms with Crippen LogP contribution < -0.4 is 16.4 Å². The number of rotatable bonds is 11. The zero-order valence-electron chi connectivity index (χ0n) is 36.4. The number of aliphatic hydroxyl groups is 1. The van der Waals surface area contributed by atoms with E-state index in [4.69, 9.17) is 10.8 Å². The van der Waals surface area contributed by atoms with Crippen molar-refractivity contribution in [3.63, 3.8) is 0 Å². The number of anilines is 1. The molecule has 0 spiro atoms. The monoisotopic (exact) mass is 874 g/mol. The van der Waals surface area contributed by atoms with Gasteiger partial charge in [0.05, 0.1) is 40.1 Å². The molecule has 8 rings (SSSR count). The molecule has 6 N–H and O–H groups in total. The summed E-state index contributed by atoms with van der Waals surface area (Å²) in [7, 11) is 0. The number of likely N-dealkylation sites (tertiary alicyclic amines) is 2. The molecule has 3 aliphatic rings. The van der Waals surface area contributed by atoms with Crippen LogP contribution in [0, 0.1) is 18.3 Å².